The van der Waals surface area contributed by atoms with Crippen molar-refractivity contribution in [2.75, 3.05) is 13.7 Å². The SMILES string of the molecule is COc1ccc2c(CC(=O)N[C@@H](CO)C(=O)NCc3ccc(F)cc3)cc(=O)oc2c1. The second-order valence-electron chi connectivity index (χ2n) is 6.78. The molecular formula is C22H21FN2O6. The molecule has 3 rings (SSSR count). The molecular weight excluding hydrogens is 407 g/mol. The molecule has 31 heavy (non-hydrogen) atoms. The first-order chi connectivity index (χ1) is 14.9. The van der Waals surface area contributed by atoms with E-state index in [1.807, 2.05) is 0 Å². The Labute approximate surface area is 176 Å². The van der Waals surface area contributed by atoms with Gasteiger partial charge in [-0.2, -0.15) is 0 Å². The van der Waals surface area contributed by atoms with Crippen LogP contribution in [0.1, 0.15) is 11.1 Å². The average molecular weight is 428 g/mol. The topological polar surface area (TPSA) is 118 Å². The maximum Gasteiger partial charge on any atom is 0.336 e. The lowest BCUT2D eigenvalue weighted by atomic mass is 10.1. The molecule has 0 unspecified atom stereocenters. The standard InChI is InChI=1S/C22H21FN2O6/c1-30-16-6-7-17-14(9-21(28)31-19(17)10-16)8-20(27)25-18(12-26)22(29)24-11-13-2-4-15(23)5-3-13/h2-7,9-10,18,26H,8,11-12H2,1H3,(H,24,29)(H,25,27)/t18-/m0/s1. The number of carbonyl (C=O) groups is 2. The highest BCUT2D eigenvalue weighted by atomic mass is 19.1. The predicted octanol–water partition coefficient (Wildman–Crippen LogP) is 1.28. The molecule has 3 N–H and O–H groups in total. The molecule has 0 aliphatic carbocycles. The number of carbonyl (C=O) groups excluding carboxylic acids is 2. The minimum Gasteiger partial charge on any atom is -0.497 e. The van der Waals surface area contributed by atoms with Crippen LogP contribution in [0.5, 0.6) is 5.75 Å². The molecule has 0 saturated carbocycles. The fraction of sp³-hybridized carbons (Fsp3) is 0.227. The van der Waals surface area contributed by atoms with E-state index in [4.69, 9.17) is 9.15 Å². The maximum atomic E-state index is 13.0. The first-order valence-electron chi connectivity index (χ1n) is 9.42. The fourth-order valence-corrected chi connectivity index (χ4v) is 3.01. The summed E-state index contributed by atoms with van der Waals surface area (Å²) in [5.74, 6) is -1.05. The van der Waals surface area contributed by atoms with E-state index < -0.39 is 35.9 Å². The first kappa shape index (κ1) is 22.0. The largest absolute Gasteiger partial charge is 0.497 e. The summed E-state index contributed by atoms with van der Waals surface area (Å²) in [6.45, 7) is -0.506. The number of halogens is 1. The fourth-order valence-electron chi connectivity index (χ4n) is 3.01. The van der Waals surface area contributed by atoms with Gasteiger partial charge in [0.05, 0.1) is 20.1 Å². The van der Waals surface area contributed by atoms with Gasteiger partial charge in [-0.15, -0.1) is 0 Å². The number of fused-ring (bicyclic) bond motifs is 1. The van der Waals surface area contributed by atoms with Crippen molar-refractivity contribution in [2.24, 2.45) is 0 Å². The molecule has 162 valence electrons. The number of amides is 2. The van der Waals surface area contributed by atoms with Gasteiger partial charge < -0.3 is 24.9 Å². The molecule has 0 aliphatic heterocycles. The van der Waals surface area contributed by atoms with Crippen molar-refractivity contribution in [1.82, 2.24) is 10.6 Å². The van der Waals surface area contributed by atoms with Crippen molar-refractivity contribution in [1.29, 1.82) is 0 Å². The van der Waals surface area contributed by atoms with E-state index in [1.165, 1.54) is 43.5 Å². The molecule has 2 amide bonds. The second-order valence-corrected chi connectivity index (χ2v) is 6.78. The van der Waals surface area contributed by atoms with Crippen molar-refractivity contribution in [2.45, 2.75) is 19.0 Å². The molecule has 0 saturated heterocycles. The van der Waals surface area contributed by atoms with Crippen molar-refractivity contribution >= 4 is 22.8 Å². The zero-order chi connectivity index (χ0) is 22.4. The summed E-state index contributed by atoms with van der Waals surface area (Å²) in [6.07, 6.45) is -0.198. The van der Waals surface area contributed by atoms with Crippen LogP contribution >= 0.6 is 0 Å². The molecule has 0 aliphatic rings. The summed E-state index contributed by atoms with van der Waals surface area (Å²) in [7, 11) is 1.48. The Kier molecular flexibility index (Phi) is 6.99. The molecule has 1 atom stereocenters. The molecule has 8 nitrogen and oxygen atoms in total. The van der Waals surface area contributed by atoms with Gasteiger partial charge in [-0.05, 0) is 35.4 Å². The lowest BCUT2D eigenvalue weighted by Crippen LogP contribution is -2.49. The normalized spacial score (nSPS) is 11.7. The molecule has 2 aromatic carbocycles. The van der Waals surface area contributed by atoms with Crippen LogP contribution in [0, 0.1) is 5.82 Å². The number of hydrogen-bond donors (Lipinski definition) is 3. The van der Waals surface area contributed by atoms with Crippen LogP contribution in [-0.2, 0) is 22.6 Å². The third kappa shape index (κ3) is 5.67. The van der Waals surface area contributed by atoms with E-state index >= 15 is 0 Å². The van der Waals surface area contributed by atoms with Gasteiger partial charge >= 0.3 is 5.63 Å². The van der Waals surface area contributed by atoms with Gasteiger partial charge in [-0.3, -0.25) is 9.59 Å². The molecule has 0 radical (unpaired) electrons. The van der Waals surface area contributed by atoms with Crippen LogP contribution in [0.4, 0.5) is 4.39 Å². The molecule has 0 bridgehead atoms. The zero-order valence-electron chi connectivity index (χ0n) is 16.7. The summed E-state index contributed by atoms with van der Waals surface area (Å²) >= 11 is 0. The van der Waals surface area contributed by atoms with Gasteiger partial charge in [-0.25, -0.2) is 9.18 Å². The van der Waals surface area contributed by atoms with Crippen LogP contribution in [0.15, 0.2) is 57.7 Å². The van der Waals surface area contributed by atoms with Gasteiger partial charge in [-0.1, -0.05) is 12.1 Å². The number of rotatable bonds is 8. The Balaban J connectivity index is 1.66. The Morgan fingerprint density at radius 2 is 1.90 bits per heavy atom. The van der Waals surface area contributed by atoms with Crippen molar-refractivity contribution < 1.29 is 28.2 Å². The summed E-state index contributed by atoms with van der Waals surface area (Å²) in [5.41, 5.74) is 0.718. The van der Waals surface area contributed by atoms with Gasteiger partial charge in [0.2, 0.25) is 11.8 Å². The van der Waals surface area contributed by atoms with Gasteiger partial charge in [0.15, 0.2) is 0 Å². The highest BCUT2D eigenvalue weighted by molar-refractivity contribution is 5.91. The quantitative estimate of drug-likeness (QED) is 0.465. The third-order valence-corrected chi connectivity index (χ3v) is 4.60. The first-order valence-corrected chi connectivity index (χ1v) is 9.42. The van der Waals surface area contributed by atoms with Crippen LogP contribution in [0.3, 0.4) is 0 Å². The van der Waals surface area contributed by atoms with Crippen molar-refractivity contribution in [3.8, 4) is 5.75 Å². The van der Waals surface area contributed by atoms with Gasteiger partial charge in [0.25, 0.3) is 0 Å². The lowest BCUT2D eigenvalue weighted by Gasteiger charge is -2.16. The smallest absolute Gasteiger partial charge is 0.336 e. The van der Waals surface area contributed by atoms with E-state index in [-0.39, 0.29) is 18.5 Å². The number of aliphatic hydroxyl groups excluding tert-OH is 1. The number of hydrogen-bond acceptors (Lipinski definition) is 6. The van der Waals surface area contributed by atoms with Crippen LogP contribution < -0.4 is 21.0 Å². The summed E-state index contributed by atoms with van der Waals surface area (Å²) in [4.78, 5) is 36.6. The molecule has 0 fully saturated rings. The Bertz CT molecular complexity index is 1140. The molecule has 1 heterocycles. The second kappa shape index (κ2) is 9.86. The minimum absolute atomic E-state index is 0.109. The summed E-state index contributed by atoms with van der Waals surface area (Å²) in [5, 5.41) is 15.1. The van der Waals surface area contributed by atoms with E-state index in [0.29, 0.717) is 22.3 Å². The van der Waals surface area contributed by atoms with Crippen molar-refractivity contribution in [3.05, 3.63) is 75.9 Å². The number of nitrogens with one attached hydrogen (secondary N) is 2. The van der Waals surface area contributed by atoms with E-state index in [0.717, 1.165) is 0 Å². The van der Waals surface area contributed by atoms with Crippen molar-refractivity contribution in [3.63, 3.8) is 0 Å². The number of benzene rings is 2. The Morgan fingerprint density at radius 3 is 2.58 bits per heavy atom. The monoisotopic (exact) mass is 428 g/mol. The van der Waals surface area contributed by atoms with E-state index in [2.05, 4.69) is 10.6 Å². The minimum atomic E-state index is -1.18. The highest BCUT2D eigenvalue weighted by Gasteiger charge is 2.20. The molecule has 0 spiro atoms. The maximum absolute atomic E-state index is 13.0. The van der Waals surface area contributed by atoms with Crippen LogP contribution in [0.25, 0.3) is 11.0 Å². The number of methoxy groups -OCH3 is 1. The Morgan fingerprint density at radius 1 is 1.16 bits per heavy atom. The van der Waals surface area contributed by atoms with E-state index in [9.17, 15) is 23.9 Å². The highest BCUT2D eigenvalue weighted by Crippen LogP contribution is 2.22. The van der Waals surface area contributed by atoms with Crippen LogP contribution in [-0.4, -0.2) is 36.7 Å². The molecule has 1 aromatic heterocycles. The Hall–Kier alpha value is -3.72. The average Bonchev–Trinajstić information content (AvgIpc) is 2.76. The molecule has 9 heteroatoms. The van der Waals surface area contributed by atoms with Gasteiger partial charge in [0.1, 0.15) is 23.2 Å². The summed E-state index contributed by atoms with van der Waals surface area (Å²) in [6, 6.07) is 10.5. The number of aliphatic hydroxyl groups is 1. The number of ether oxygens (including phenoxy) is 1. The third-order valence-electron chi connectivity index (χ3n) is 4.60. The summed E-state index contributed by atoms with van der Waals surface area (Å²) < 4.78 is 23.2. The van der Waals surface area contributed by atoms with E-state index in [1.54, 1.807) is 12.1 Å². The molecule has 3 aromatic rings. The van der Waals surface area contributed by atoms with Gasteiger partial charge in [0, 0.05) is 24.1 Å². The van der Waals surface area contributed by atoms with Crippen LogP contribution in [0.2, 0.25) is 0 Å². The predicted molar refractivity (Wildman–Crippen MR) is 110 cm³/mol. The zero-order valence-corrected chi connectivity index (χ0v) is 16.7. The lowest BCUT2D eigenvalue weighted by molar-refractivity contribution is -0.129.